The van der Waals surface area contributed by atoms with Crippen molar-refractivity contribution in [2.24, 2.45) is 5.92 Å². The van der Waals surface area contributed by atoms with Crippen LogP contribution in [0.25, 0.3) is 0 Å². The molecule has 0 amide bonds. The summed E-state index contributed by atoms with van der Waals surface area (Å²) in [5.74, 6) is 2.21. The third-order valence-electron chi connectivity index (χ3n) is 4.42. The van der Waals surface area contributed by atoms with Gasteiger partial charge < -0.3 is 14.2 Å². The van der Waals surface area contributed by atoms with Crippen LogP contribution in [0, 0.1) is 18.3 Å². The van der Waals surface area contributed by atoms with E-state index in [4.69, 9.17) is 20.6 Å². The second-order valence-electron chi connectivity index (χ2n) is 5.45. The third kappa shape index (κ3) is 2.12. The summed E-state index contributed by atoms with van der Waals surface area (Å²) in [7, 11) is 1.74. The fraction of sp³-hybridized carbons (Fsp3) is 0.562. The number of ether oxygens (including phenoxy) is 3. The minimum Gasteiger partial charge on any atom is -0.488 e. The van der Waals surface area contributed by atoms with Gasteiger partial charge in [-0.2, -0.15) is 0 Å². The van der Waals surface area contributed by atoms with Crippen molar-refractivity contribution in [1.29, 1.82) is 0 Å². The van der Waals surface area contributed by atoms with Crippen molar-refractivity contribution in [1.82, 2.24) is 0 Å². The van der Waals surface area contributed by atoms with Gasteiger partial charge in [-0.3, -0.25) is 0 Å². The first kappa shape index (κ1) is 13.3. The molecule has 0 N–H and O–H groups in total. The Balaban J connectivity index is 1.78. The number of esters is 1. The molecule has 0 bridgehead atoms. The van der Waals surface area contributed by atoms with Crippen molar-refractivity contribution in [3.8, 4) is 12.3 Å². The van der Waals surface area contributed by atoms with Gasteiger partial charge in [-0.1, -0.05) is 11.5 Å². The van der Waals surface area contributed by atoms with Gasteiger partial charge in [0.1, 0.15) is 12.7 Å². The van der Waals surface area contributed by atoms with Gasteiger partial charge >= 0.3 is 5.97 Å². The molecule has 3 unspecified atom stereocenters. The second-order valence-corrected chi connectivity index (χ2v) is 5.45. The molecule has 0 spiro atoms. The minimum absolute atomic E-state index is 0.0980. The number of rotatable bonds is 3. The van der Waals surface area contributed by atoms with Crippen molar-refractivity contribution in [2.75, 3.05) is 13.7 Å². The first-order valence-corrected chi connectivity index (χ1v) is 6.94. The fourth-order valence-corrected chi connectivity index (χ4v) is 3.43. The first-order valence-electron chi connectivity index (χ1n) is 6.94. The molecule has 0 radical (unpaired) electrons. The molecule has 4 heteroatoms. The molecule has 3 atom stereocenters. The normalized spacial score (nSPS) is 33.7. The van der Waals surface area contributed by atoms with Crippen LogP contribution in [-0.4, -0.2) is 31.9 Å². The Morgan fingerprint density at radius 2 is 2.35 bits per heavy atom. The molecule has 0 aromatic carbocycles. The highest BCUT2D eigenvalue weighted by atomic mass is 16.6. The van der Waals surface area contributed by atoms with E-state index in [0.717, 1.165) is 25.7 Å². The number of hydrogen-bond donors (Lipinski definition) is 0. The van der Waals surface area contributed by atoms with Crippen LogP contribution in [0.15, 0.2) is 23.0 Å². The minimum atomic E-state index is -0.275. The van der Waals surface area contributed by atoms with Crippen LogP contribution in [0.3, 0.4) is 0 Å². The van der Waals surface area contributed by atoms with Gasteiger partial charge in [0.25, 0.3) is 0 Å². The lowest BCUT2D eigenvalue weighted by Crippen LogP contribution is -2.22. The molecule has 2 aliphatic carbocycles. The smallest absolute Gasteiger partial charge is 0.338 e. The number of hydrogen-bond acceptors (Lipinski definition) is 4. The second kappa shape index (κ2) is 5.34. The maximum atomic E-state index is 11.9. The monoisotopic (exact) mass is 274 g/mol. The Kier molecular flexibility index (Phi) is 3.54. The third-order valence-corrected chi connectivity index (χ3v) is 4.42. The lowest BCUT2D eigenvalue weighted by atomic mass is 9.91. The molecule has 0 aromatic heterocycles. The topological polar surface area (TPSA) is 44.8 Å². The SMILES string of the molecule is C#CCO/C=C1/C(=O)OC2C3=C(CCC(OC)C3)CC12. The van der Waals surface area contributed by atoms with Gasteiger partial charge in [-0.05, 0) is 31.3 Å². The summed E-state index contributed by atoms with van der Waals surface area (Å²) >= 11 is 0. The molecule has 1 aliphatic heterocycles. The molecule has 1 saturated heterocycles. The molecular weight excluding hydrogens is 256 g/mol. The van der Waals surface area contributed by atoms with Crippen molar-refractivity contribution >= 4 is 5.97 Å². The van der Waals surface area contributed by atoms with E-state index in [1.807, 2.05) is 0 Å². The van der Waals surface area contributed by atoms with Crippen molar-refractivity contribution in [3.63, 3.8) is 0 Å². The molecular formula is C16H18O4. The molecule has 3 aliphatic rings. The number of methoxy groups -OCH3 is 1. The zero-order chi connectivity index (χ0) is 14.1. The summed E-state index contributed by atoms with van der Waals surface area (Å²) in [6.07, 6.45) is 10.6. The lowest BCUT2D eigenvalue weighted by molar-refractivity contribution is -0.138. The standard InChI is InChI=1S/C16H18O4/c1-3-6-19-9-14-13-7-10-4-5-11(18-2)8-12(10)15(13)20-16(14)17/h1,9,11,13,15H,4-8H2,2H3/b14-9+. The Bertz CT molecular complexity index is 523. The number of carbonyl (C=O) groups is 1. The summed E-state index contributed by atoms with van der Waals surface area (Å²) in [6, 6.07) is 0. The fourth-order valence-electron chi connectivity index (χ4n) is 3.43. The van der Waals surface area contributed by atoms with Crippen molar-refractivity contribution in [2.45, 2.75) is 37.9 Å². The van der Waals surface area contributed by atoms with Crippen LogP contribution >= 0.6 is 0 Å². The number of carbonyl (C=O) groups excluding carboxylic acids is 1. The molecule has 20 heavy (non-hydrogen) atoms. The van der Waals surface area contributed by atoms with Gasteiger partial charge in [0.2, 0.25) is 0 Å². The van der Waals surface area contributed by atoms with E-state index in [1.54, 1.807) is 7.11 Å². The zero-order valence-electron chi connectivity index (χ0n) is 11.6. The molecule has 0 aromatic rings. The van der Waals surface area contributed by atoms with E-state index in [-0.39, 0.29) is 30.7 Å². The molecule has 0 saturated carbocycles. The highest BCUT2D eigenvalue weighted by Crippen LogP contribution is 2.48. The molecule has 4 nitrogen and oxygen atoms in total. The predicted octanol–water partition coefficient (Wildman–Crippen LogP) is 1.96. The van der Waals surface area contributed by atoms with Crippen LogP contribution in [0.1, 0.15) is 25.7 Å². The van der Waals surface area contributed by atoms with E-state index in [1.165, 1.54) is 17.4 Å². The van der Waals surface area contributed by atoms with Gasteiger partial charge in [0, 0.05) is 13.0 Å². The Hall–Kier alpha value is -1.73. The number of fused-ring (bicyclic) bond motifs is 2. The van der Waals surface area contributed by atoms with Gasteiger partial charge in [0.15, 0.2) is 0 Å². The summed E-state index contributed by atoms with van der Waals surface area (Å²) in [5, 5.41) is 0. The average Bonchev–Trinajstić information content (AvgIpc) is 2.95. The van der Waals surface area contributed by atoms with E-state index in [2.05, 4.69) is 5.92 Å². The maximum absolute atomic E-state index is 11.9. The van der Waals surface area contributed by atoms with Crippen LogP contribution in [0.5, 0.6) is 0 Å². The summed E-state index contributed by atoms with van der Waals surface area (Å²) in [5.41, 5.74) is 3.32. The molecule has 106 valence electrons. The van der Waals surface area contributed by atoms with Crippen LogP contribution in [0.2, 0.25) is 0 Å². The maximum Gasteiger partial charge on any atom is 0.338 e. The Morgan fingerprint density at radius 3 is 3.10 bits per heavy atom. The van der Waals surface area contributed by atoms with Crippen LogP contribution < -0.4 is 0 Å². The highest BCUT2D eigenvalue weighted by Gasteiger charge is 2.48. The molecule has 1 fully saturated rings. The van der Waals surface area contributed by atoms with E-state index < -0.39 is 0 Å². The van der Waals surface area contributed by atoms with E-state index in [9.17, 15) is 4.79 Å². The largest absolute Gasteiger partial charge is 0.488 e. The summed E-state index contributed by atoms with van der Waals surface area (Å²) < 4.78 is 16.2. The quantitative estimate of drug-likeness (QED) is 0.197. The lowest BCUT2D eigenvalue weighted by Gasteiger charge is -2.24. The summed E-state index contributed by atoms with van der Waals surface area (Å²) in [6.45, 7) is 0.174. The number of terminal acetylenes is 1. The van der Waals surface area contributed by atoms with Crippen molar-refractivity contribution in [3.05, 3.63) is 23.0 Å². The van der Waals surface area contributed by atoms with Gasteiger partial charge in [0.05, 0.1) is 17.9 Å². The van der Waals surface area contributed by atoms with Gasteiger partial charge in [-0.15, -0.1) is 6.42 Å². The zero-order valence-corrected chi connectivity index (χ0v) is 11.6. The van der Waals surface area contributed by atoms with Gasteiger partial charge in [-0.25, -0.2) is 4.79 Å². The highest BCUT2D eigenvalue weighted by molar-refractivity contribution is 5.92. The molecule has 1 heterocycles. The predicted molar refractivity (Wildman–Crippen MR) is 72.5 cm³/mol. The van der Waals surface area contributed by atoms with E-state index >= 15 is 0 Å². The molecule has 3 rings (SSSR count). The van der Waals surface area contributed by atoms with Crippen LogP contribution in [0.4, 0.5) is 0 Å². The van der Waals surface area contributed by atoms with Crippen molar-refractivity contribution < 1.29 is 19.0 Å². The number of allylic oxidation sites excluding steroid dienone is 1. The van der Waals surface area contributed by atoms with Crippen LogP contribution in [-0.2, 0) is 19.0 Å². The first-order chi connectivity index (χ1) is 9.74. The van der Waals surface area contributed by atoms with E-state index in [0.29, 0.717) is 5.57 Å². The summed E-state index contributed by atoms with van der Waals surface area (Å²) in [4.78, 5) is 11.9. The Morgan fingerprint density at radius 1 is 1.50 bits per heavy atom. The average molecular weight is 274 g/mol. The Labute approximate surface area is 118 Å².